The van der Waals surface area contributed by atoms with Crippen LogP contribution in [0, 0.1) is 17.0 Å². The molecule has 3 saturated heterocycles. The number of piperidine rings is 2. The number of urea groups is 1. The molecule has 3 fully saturated rings. The maximum Gasteiger partial charge on any atom is 0.331 e. The molecule has 46 heavy (non-hydrogen) atoms. The summed E-state index contributed by atoms with van der Waals surface area (Å²) in [6, 6.07) is 13.0. The molecule has 12 nitrogen and oxygen atoms in total. The van der Waals surface area contributed by atoms with Crippen LogP contribution < -0.4 is 14.5 Å². The SMILES string of the molecule is COc1ccc(CN2C(=O)CCN(c3ccc(N4CCC(F)(CN5CCC(n6cc([N+](=O)[O-])cn6)CC5)CC4)cc3C)C2=O)cc1. The number of alkyl halides is 1. The van der Waals surface area contributed by atoms with Crippen molar-refractivity contribution in [1.82, 2.24) is 19.6 Å². The Kier molecular flexibility index (Phi) is 8.94. The van der Waals surface area contributed by atoms with Crippen LogP contribution in [0.15, 0.2) is 54.9 Å². The average Bonchev–Trinajstić information content (AvgIpc) is 3.55. The van der Waals surface area contributed by atoms with E-state index >= 15 is 4.39 Å². The van der Waals surface area contributed by atoms with Gasteiger partial charge in [0.1, 0.15) is 23.8 Å². The van der Waals surface area contributed by atoms with E-state index in [1.54, 1.807) is 16.7 Å². The van der Waals surface area contributed by atoms with E-state index in [-0.39, 0.29) is 36.6 Å². The number of imide groups is 1. The van der Waals surface area contributed by atoms with Gasteiger partial charge >= 0.3 is 11.7 Å². The van der Waals surface area contributed by atoms with Crippen molar-refractivity contribution in [2.45, 2.75) is 57.3 Å². The van der Waals surface area contributed by atoms with Gasteiger partial charge in [-0.1, -0.05) is 12.1 Å². The quantitative estimate of drug-likeness (QED) is 0.236. The smallest absolute Gasteiger partial charge is 0.331 e. The highest BCUT2D eigenvalue weighted by Crippen LogP contribution is 2.35. The van der Waals surface area contributed by atoms with Crippen LogP contribution in [-0.4, -0.2) is 88.5 Å². The summed E-state index contributed by atoms with van der Waals surface area (Å²) in [5.41, 5.74) is 2.25. The Balaban J connectivity index is 1.02. The summed E-state index contributed by atoms with van der Waals surface area (Å²) in [7, 11) is 1.59. The van der Waals surface area contributed by atoms with E-state index in [0.717, 1.165) is 48.4 Å². The number of hydrogen-bond donors (Lipinski definition) is 0. The lowest BCUT2D eigenvalue weighted by Crippen LogP contribution is -2.52. The summed E-state index contributed by atoms with van der Waals surface area (Å²) >= 11 is 0. The van der Waals surface area contributed by atoms with Gasteiger partial charge in [-0.15, -0.1) is 0 Å². The lowest BCUT2D eigenvalue weighted by Gasteiger charge is -2.42. The van der Waals surface area contributed by atoms with E-state index in [2.05, 4.69) is 14.9 Å². The zero-order chi connectivity index (χ0) is 32.4. The maximum atomic E-state index is 16.0. The van der Waals surface area contributed by atoms with Crippen LogP contribution in [0.5, 0.6) is 5.75 Å². The number of carbonyl (C=O) groups excluding carboxylic acids is 2. The first kappa shape index (κ1) is 31.5. The van der Waals surface area contributed by atoms with Crippen molar-refractivity contribution in [1.29, 1.82) is 0 Å². The highest BCUT2D eigenvalue weighted by atomic mass is 19.1. The van der Waals surface area contributed by atoms with Gasteiger partial charge < -0.3 is 14.5 Å². The number of nitrogens with zero attached hydrogens (tertiary/aromatic N) is 7. The molecule has 244 valence electrons. The standard InChI is InChI=1S/C33H40FN7O5/c1-24-19-27(5-8-30(24)38-16-11-31(42)39(32(38)43)21-25-3-6-29(46-2)7-4-25)37-17-12-33(34,13-18-37)23-36-14-9-26(10-15-36)40-22-28(20-35-40)41(44)45/h3-8,19-20,22,26H,9-18,21,23H2,1-2H3. The van der Waals surface area contributed by atoms with Crippen molar-refractivity contribution >= 4 is 29.0 Å². The molecular formula is C33H40FN7O5. The van der Waals surface area contributed by atoms with Crippen LogP contribution in [0.4, 0.5) is 26.2 Å². The second kappa shape index (κ2) is 13.1. The number of methoxy groups -OCH3 is 1. The first-order valence-electron chi connectivity index (χ1n) is 15.8. The second-order valence-corrected chi connectivity index (χ2v) is 12.6. The van der Waals surface area contributed by atoms with Gasteiger partial charge in [-0.05, 0) is 61.2 Å². The summed E-state index contributed by atoms with van der Waals surface area (Å²) in [5.74, 6) is 0.520. The van der Waals surface area contributed by atoms with Crippen molar-refractivity contribution in [3.63, 3.8) is 0 Å². The molecule has 0 spiro atoms. The summed E-state index contributed by atoms with van der Waals surface area (Å²) < 4.78 is 22.9. The van der Waals surface area contributed by atoms with Crippen LogP contribution >= 0.6 is 0 Å². The predicted molar refractivity (Wildman–Crippen MR) is 171 cm³/mol. The number of hydrogen-bond acceptors (Lipinski definition) is 8. The Morgan fingerprint density at radius 2 is 1.76 bits per heavy atom. The van der Waals surface area contributed by atoms with E-state index in [0.29, 0.717) is 44.8 Å². The Bertz CT molecular complexity index is 1580. The van der Waals surface area contributed by atoms with Gasteiger partial charge in [0, 0.05) is 69.9 Å². The lowest BCUT2D eigenvalue weighted by atomic mass is 9.91. The average molecular weight is 634 g/mol. The minimum absolute atomic E-state index is 0.00869. The number of benzene rings is 2. The molecule has 3 aliphatic rings. The third-order valence-electron chi connectivity index (χ3n) is 9.54. The molecule has 2 aromatic carbocycles. The van der Waals surface area contributed by atoms with E-state index < -0.39 is 10.6 Å². The number of amides is 3. The Labute approximate surface area is 267 Å². The first-order valence-corrected chi connectivity index (χ1v) is 15.8. The summed E-state index contributed by atoms with van der Waals surface area (Å²) in [5, 5.41) is 15.1. The van der Waals surface area contributed by atoms with Gasteiger partial charge in [0.2, 0.25) is 5.91 Å². The minimum atomic E-state index is -1.27. The van der Waals surface area contributed by atoms with Crippen molar-refractivity contribution < 1.29 is 23.6 Å². The number of aromatic nitrogens is 2. The van der Waals surface area contributed by atoms with Crippen LogP contribution in [0.3, 0.4) is 0 Å². The van der Waals surface area contributed by atoms with E-state index in [1.165, 1.54) is 17.3 Å². The molecule has 0 N–H and O–H groups in total. The number of likely N-dealkylation sites (tertiary alicyclic amines) is 1. The van der Waals surface area contributed by atoms with Gasteiger partial charge in [-0.3, -0.25) is 29.4 Å². The molecule has 0 atom stereocenters. The number of rotatable bonds is 9. The number of ether oxygens (including phenoxy) is 1. The highest BCUT2D eigenvalue weighted by molar-refractivity contribution is 6.06. The van der Waals surface area contributed by atoms with E-state index in [4.69, 9.17) is 4.74 Å². The molecule has 6 rings (SSSR count). The van der Waals surface area contributed by atoms with Crippen LogP contribution in [0.2, 0.25) is 0 Å². The third-order valence-corrected chi connectivity index (χ3v) is 9.54. The molecule has 0 saturated carbocycles. The first-order chi connectivity index (χ1) is 22.1. The lowest BCUT2D eigenvalue weighted by molar-refractivity contribution is -0.385. The molecule has 0 unspecified atom stereocenters. The zero-order valence-electron chi connectivity index (χ0n) is 26.3. The molecule has 3 amide bonds. The highest BCUT2D eigenvalue weighted by Gasteiger charge is 2.38. The summed E-state index contributed by atoms with van der Waals surface area (Å²) in [6.07, 6.45) is 5.40. The molecule has 0 radical (unpaired) electrons. The zero-order valence-corrected chi connectivity index (χ0v) is 26.3. The van der Waals surface area contributed by atoms with Crippen LogP contribution in [0.1, 0.15) is 49.3 Å². The van der Waals surface area contributed by atoms with Gasteiger partial charge in [-0.25, -0.2) is 9.18 Å². The van der Waals surface area contributed by atoms with Crippen molar-refractivity contribution in [3.8, 4) is 5.75 Å². The Hall–Kier alpha value is -4.52. The molecule has 1 aromatic heterocycles. The normalized spacial score (nSPS) is 19.5. The fraction of sp³-hybridized carbons (Fsp3) is 0.485. The predicted octanol–water partition coefficient (Wildman–Crippen LogP) is 5.11. The molecular weight excluding hydrogens is 593 g/mol. The molecule has 3 aliphatic heterocycles. The summed E-state index contributed by atoms with van der Waals surface area (Å²) in [6.45, 7) is 5.51. The van der Waals surface area contributed by atoms with Gasteiger partial charge in [0.05, 0.1) is 24.6 Å². The molecule has 0 aliphatic carbocycles. The topological polar surface area (TPSA) is 117 Å². The van der Waals surface area contributed by atoms with Crippen molar-refractivity contribution in [2.75, 3.05) is 56.2 Å². The summed E-state index contributed by atoms with van der Waals surface area (Å²) in [4.78, 5) is 44.1. The maximum absolute atomic E-state index is 16.0. The van der Waals surface area contributed by atoms with Gasteiger partial charge in [-0.2, -0.15) is 5.10 Å². The van der Waals surface area contributed by atoms with Crippen molar-refractivity contribution in [3.05, 3.63) is 76.1 Å². The fourth-order valence-corrected chi connectivity index (χ4v) is 6.81. The fourth-order valence-electron chi connectivity index (χ4n) is 6.81. The molecule has 4 heterocycles. The number of halogens is 1. The minimum Gasteiger partial charge on any atom is -0.497 e. The molecule has 0 bridgehead atoms. The molecule has 13 heteroatoms. The monoisotopic (exact) mass is 633 g/mol. The van der Waals surface area contributed by atoms with Gasteiger partial charge in [0.25, 0.3) is 0 Å². The second-order valence-electron chi connectivity index (χ2n) is 12.6. The third kappa shape index (κ3) is 6.69. The number of nitro groups is 1. The molecule has 3 aromatic rings. The van der Waals surface area contributed by atoms with E-state index in [9.17, 15) is 19.7 Å². The van der Waals surface area contributed by atoms with Crippen LogP contribution in [0.25, 0.3) is 0 Å². The van der Waals surface area contributed by atoms with Crippen LogP contribution in [-0.2, 0) is 11.3 Å². The van der Waals surface area contributed by atoms with Gasteiger partial charge in [0.15, 0.2) is 0 Å². The largest absolute Gasteiger partial charge is 0.497 e. The number of aryl methyl sites for hydroxylation is 1. The number of anilines is 2. The van der Waals surface area contributed by atoms with Crippen molar-refractivity contribution in [2.24, 2.45) is 0 Å². The Morgan fingerprint density at radius 1 is 1.04 bits per heavy atom. The number of carbonyl (C=O) groups is 2. The Morgan fingerprint density at radius 3 is 2.39 bits per heavy atom. The van der Waals surface area contributed by atoms with E-state index in [1.807, 2.05) is 49.4 Å².